The van der Waals surface area contributed by atoms with E-state index in [0.29, 0.717) is 6.54 Å². The molecule has 0 saturated heterocycles. The van der Waals surface area contributed by atoms with E-state index >= 15 is 0 Å². The summed E-state index contributed by atoms with van der Waals surface area (Å²) in [5.74, 6) is 0. The second kappa shape index (κ2) is 6.34. The molecule has 0 atom stereocenters. The van der Waals surface area contributed by atoms with Crippen LogP contribution in [0.2, 0.25) is 5.02 Å². The summed E-state index contributed by atoms with van der Waals surface area (Å²) < 4.78 is 0. The Labute approximate surface area is 135 Å². The zero-order valence-corrected chi connectivity index (χ0v) is 14.4. The first-order valence-electron chi connectivity index (χ1n) is 6.88. The number of thiazole rings is 1. The Morgan fingerprint density at radius 2 is 1.95 bits per heavy atom. The summed E-state index contributed by atoms with van der Waals surface area (Å²) in [4.78, 5) is 7.72. The Morgan fingerprint density at radius 3 is 2.48 bits per heavy atom. The summed E-state index contributed by atoms with van der Waals surface area (Å²) in [6, 6.07) is 7.82. The maximum atomic E-state index is 9.54. The van der Waals surface area contributed by atoms with Gasteiger partial charge in [0.15, 0.2) is 5.13 Å². The Kier molecular flexibility index (Phi) is 4.91. The summed E-state index contributed by atoms with van der Waals surface area (Å²) in [6.45, 7) is 7.06. The van der Waals surface area contributed by atoms with E-state index in [9.17, 15) is 5.11 Å². The normalized spacial score (nSPS) is 11.7. The molecular weight excluding hydrogens is 304 g/mol. The number of aliphatic hydroxyl groups is 1. The Hall–Kier alpha value is -1.10. The van der Waals surface area contributed by atoms with Crippen LogP contribution in [0.1, 0.15) is 36.9 Å². The fourth-order valence-electron chi connectivity index (χ4n) is 2.15. The number of anilines is 1. The van der Waals surface area contributed by atoms with Crippen molar-refractivity contribution in [1.82, 2.24) is 4.98 Å². The first-order valence-corrected chi connectivity index (χ1v) is 8.08. The molecule has 0 radical (unpaired) electrons. The van der Waals surface area contributed by atoms with E-state index in [-0.39, 0.29) is 12.0 Å². The van der Waals surface area contributed by atoms with Gasteiger partial charge in [0.1, 0.15) is 0 Å². The predicted molar refractivity (Wildman–Crippen MR) is 90.3 cm³/mol. The molecular formula is C16H21ClN2OS. The molecule has 21 heavy (non-hydrogen) atoms. The highest BCUT2D eigenvalue weighted by molar-refractivity contribution is 7.15. The average Bonchev–Trinajstić information content (AvgIpc) is 2.85. The second-order valence-electron chi connectivity index (χ2n) is 6.12. The van der Waals surface area contributed by atoms with Gasteiger partial charge >= 0.3 is 0 Å². The van der Waals surface area contributed by atoms with E-state index in [4.69, 9.17) is 16.6 Å². The van der Waals surface area contributed by atoms with Crippen molar-refractivity contribution >= 4 is 28.1 Å². The number of hydrogen-bond acceptors (Lipinski definition) is 4. The first-order chi connectivity index (χ1) is 9.82. The highest BCUT2D eigenvalue weighted by atomic mass is 35.5. The van der Waals surface area contributed by atoms with Crippen LogP contribution in [0.3, 0.4) is 0 Å². The van der Waals surface area contributed by atoms with E-state index in [1.165, 1.54) is 0 Å². The maximum Gasteiger partial charge on any atom is 0.185 e. The van der Waals surface area contributed by atoms with E-state index < -0.39 is 0 Å². The molecule has 2 aromatic rings. The van der Waals surface area contributed by atoms with Gasteiger partial charge in [-0.05, 0) is 11.6 Å². The minimum absolute atomic E-state index is 0.0319. The summed E-state index contributed by atoms with van der Waals surface area (Å²) in [6.07, 6.45) is 0. The topological polar surface area (TPSA) is 36.4 Å². The molecule has 2 rings (SSSR count). The van der Waals surface area contributed by atoms with Crippen molar-refractivity contribution < 1.29 is 5.11 Å². The van der Waals surface area contributed by atoms with Crippen LogP contribution in [0, 0.1) is 0 Å². The van der Waals surface area contributed by atoms with Gasteiger partial charge in [0.2, 0.25) is 0 Å². The number of benzene rings is 1. The Bertz CT molecular complexity index is 619. The van der Waals surface area contributed by atoms with Crippen molar-refractivity contribution in [3.8, 4) is 0 Å². The minimum Gasteiger partial charge on any atom is -0.391 e. The second-order valence-corrected chi connectivity index (χ2v) is 7.59. The van der Waals surface area contributed by atoms with Crippen LogP contribution in [0.25, 0.3) is 0 Å². The van der Waals surface area contributed by atoms with E-state index in [1.54, 1.807) is 11.3 Å². The van der Waals surface area contributed by atoms with Gasteiger partial charge in [-0.15, -0.1) is 0 Å². The summed E-state index contributed by atoms with van der Waals surface area (Å²) >= 11 is 7.75. The van der Waals surface area contributed by atoms with Gasteiger partial charge in [-0.1, -0.05) is 61.9 Å². The first kappa shape index (κ1) is 16.3. The van der Waals surface area contributed by atoms with Crippen molar-refractivity contribution in [2.24, 2.45) is 0 Å². The third-order valence-electron chi connectivity index (χ3n) is 3.23. The lowest BCUT2D eigenvalue weighted by Gasteiger charge is -2.18. The van der Waals surface area contributed by atoms with Crippen LogP contribution in [0.5, 0.6) is 0 Å². The molecule has 0 saturated carbocycles. The van der Waals surface area contributed by atoms with Crippen molar-refractivity contribution in [3.63, 3.8) is 0 Å². The molecule has 0 spiro atoms. The summed E-state index contributed by atoms with van der Waals surface area (Å²) in [7, 11) is 2.00. The van der Waals surface area contributed by atoms with Gasteiger partial charge in [0.05, 0.1) is 17.2 Å². The molecule has 0 aliphatic heterocycles. The lowest BCUT2D eigenvalue weighted by atomic mass is 9.91. The number of aliphatic hydroxyl groups excluding tert-OH is 1. The average molecular weight is 325 g/mol. The highest BCUT2D eigenvalue weighted by Gasteiger charge is 2.24. The van der Waals surface area contributed by atoms with E-state index in [1.807, 2.05) is 31.3 Å². The van der Waals surface area contributed by atoms with Gasteiger partial charge in [-0.3, -0.25) is 0 Å². The van der Waals surface area contributed by atoms with Crippen LogP contribution >= 0.6 is 22.9 Å². The Morgan fingerprint density at radius 1 is 1.29 bits per heavy atom. The van der Waals surface area contributed by atoms with Crippen molar-refractivity contribution in [1.29, 1.82) is 0 Å². The lowest BCUT2D eigenvalue weighted by Crippen LogP contribution is -2.18. The van der Waals surface area contributed by atoms with Gasteiger partial charge in [0.25, 0.3) is 0 Å². The zero-order chi connectivity index (χ0) is 15.6. The van der Waals surface area contributed by atoms with E-state index in [0.717, 1.165) is 26.3 Å². The monoisotopic (exact) mass is 324 g/mol. The van der Waals surface area contributed by atoms with Gasteiger partial charge in [0, 0.05) is 24.0 Å². The third kappa shape index (κ3) is 3.76. The molecule has 0 fully saturated rings. The smallest absolute Gasteiger partial charge is 0.185 e. The molecule has 0 aliphatic rings. The number of nitrogens with zero attached hydrogens (tertiary/aromatic N) is 2. The van der Waals surface area contributed by atoms with Crippen molar-refractivity contribution in [3.05, 3.63) is 45.4 Å². The maximum absolute atomic E-state index is 9.54. The Balaban J connectivity index is 2.26. The van der Waals surface area contributed by atoms with Crippen molar-refractivity contribution in [2.45, 2.75) is 39.3 Å². The molecule has 1 aromatic heterocycles. The molecule has 0 aliphatic carbocycles. The van der Waals surface area contributed by atoms with Crippen LogP contribution in [-0.2, 0) is 18.6 Å². The molecule has 0 bridgehead atoms. The number of halogens is 1. The van der Waals surface area contributed by atoms with Crippen molar-refractivity contribution in [2.75, 3.05) is 11.9 Å². The largest absolute Gasteiger partial charge is 0.391 e. The molecule has 1 N–H and O–H groups in total. The van der Waals surface area contributed by atoms with E-state index in [2.05, 4.69) is 25.7 Å². The zero-order valence-electron chi connectivity index (χ0n) is 12.9. The molecule has 3 nitrogen and oxygen atoms in total. The molecule has 0 amide bonds. The standard InChI is InChI=1S/C16H21ClN2OS/c1-16(2,3)14-13(10-20)21-15(18-14)19(4)9-11-7-5-6-8-12(11)17/h5-8,20H,9-10H2,1-4H3. The number of aromatic nitrogens is 1. The molecule has 5 heteroatoms. The summed E-state index contributed by atoms with van der Waals surface area (Å²) in [5.41, 5.74) is 1.97. The molecule has 1 aromatic carbocycles. The molecule has 114 valence electrons. The van der Waals surface area contributed by atoms with Crippen LogP contribution in [0.4, 0.5) is 5.13 Å². The fraction of sp³-hybridized carbons (Fsp3) is 0.438. The predicted octanol–water partition coefficient (Wildman–Crippen LogP) is 4.22. The van der Waals surface area contributed by atoms with Gasteiger partial charge in [-0.2, -0.15) is 0 Å². The third-order valence-corrected chi connectivity index (χ3v) is 4.76. The molecule has 1 heterocycles. The van der Waals surface area contributed by atoms with Crippen LogP contribution < -0.4 is 4.90 Å². The number of rotatable bonds is 4. The number of hydrogen-bond donors (Lipinski definition) is 1. The van der Waals surface area contributed by atoms with Crippen LogP contribution in [-0.4, -0.2) is 17.1 Å². The highest BCUT2D eigenvalue weighted by Crippen LogP contribution is 2.34. The fourth-order valence-corrected chi connectivity index (χ4v) is 3.43. The van der Waals surface area contributed by atoms with Gasteiger partial charge in [-0.25, -0.2) is 4.98 Å². The molecule has 0 unspecified atom stereocenters. The quantitative estimate of drug-likeness (QED) is 0.914. The minimum atomic E-state index is -0.0714. The summed E-state index contributed by atoms with van der Waals surface area (Å²) in [5, 5.41) is 11.2. The van der Waals surface area contributed by atoms with Crippen LogP contribution in [0.15, 0.2) is 24.3 Å². The van der Waals surface area contributed by atoms with Gasteiger partial charge < -0.3 is 10.0 Å². The SMILES string of the molecule is CN(Cc1ccccc1Cl)c1nc(C(C)(C)C)c(CO)s1. The lowest BCUT2D eigenvalue weighted by molar-refractivity contribution is 0.282.